The van der Waals surface area contributed by atoms with Crippen LogP contribution in [0.15, 0.2) is 12.3 Å². The molecule has 0 saturated carbocycles. The molecule has 0 aliphatic carbocycles. The molecule has 3 fully saturated rings. The number of nitrogens with zero attached hydrogens (tertiary/aromatic N) is 3. The van der Waals surface area contributed by atoms with E-state index in [9.17, 15) is 9.59 Å². The standard InChI is InChI=1S/C23H33ClN4O4/c1-16(2)14-32-22(30)26-17-12-19(24)20(25-13-17)27-8-3-6-23(15-27)7-9-28(21(23)29)18-4-10-31-11-5-18/h12-13,16,18H,3-11,14-15H2,1-2H3,(H,26,30)/t23-/m0/s1. The second-order valence-electron chi connectivity index (χ2n) is 9.54. The predicted molar refractivity (Wildman–Crippen MR) is 123 cm³/mol. The third-order valence-corrected chi connectivity index (χ3v) is 6.95. The summed E-state index contributed by atoms with van der Waals surface area (Å²) in [7, 11) is 0. The number of aromatic nitrogens is 1. The molecule has 1 N–H and O–H groups in total. The van der Waals surface area contributed by atoms with Gasteiger partial charge in [-0.15, -0.1) is 0 Å². The highest BCUT2D eigenvalue weighted by atomic mass is 35.5. The van der Waals surface area contributed by atoms with E-state index < -0.39 is 6.09 Å². The molecule has 8 nitrogen and oxygen atoms in total. The summed E-state index contributed by atoms with van der Waals surface area (Å²) in [6.45, 7) is 8.02. The SMILES string of the molecule is CC(C)COC(=O)Nc1cnc(N2CCC[C@]3(CCN(C4CCOCC4)C3=O)C2)c(Cl)c1. The van der Waals surface area contributed by atoms with Crippen molar-refractivity contribution in [3.8, 4) is 0 Å². The Morgan fingerprint density at radius 1 is 1.34 bits per heavy atom. The average molecular weight is 465 g/mol. The minimum Gasteiger partial charge on any atom is -0.449 e. The average Bonchev–Trinajstić information content (AvgIpc) is 3.08. The second kappa shape index (κ2) is 9.83. The Labute approximate surface area is 194 Å². The first kappa shape index (κ1) is 23.1. The van der Waals surface area contributed by atoms with Gasteiger partial charge in [-0.25, -0.2) is 9.78 Å². The first-order valence-corrected chi connectivity index (χ1v) is 12.0. The summed E-state index contributed by atoms with van der Waals surface area (Å²) in [5.74, 6) is 1.19. The summed E-state index contributed by atoms with van der Waals surface area (Å²) in [6, 6.07) is 1.99. The monoisotopic (exact) mass is 464 g/mol. The quantitative estimate of drug-likeness (QED) is 0.710. The van der Waals surface area contributed by atoms with Crippen molar-refractivity contribution in [1.29, 1.82) is 0 Å². The molecule has 3 aliphatic heterocycles. The van der Waals surface area contributed by atoms with E-state index in [0.29, 0.717) is 35.7 Å². The van der Waals surface area contributed by atoms with Gasteiger partial charge in [0.1, 0.15) is 5.82 Å². The number of carbonyl (C=O) groups excluding carboxylic acids is 2. The number of ether oxygens (including phenoxy) is 2. The lowest BCUT2D eigenvalue weighted by molar-refractivity contribution is -0.139. The Morgan fingerprint density at radius 2 is 2.12 bits per heavy atom. The van der Waals surface area contributed by atoms with Crippen molar-refractivity contribution in [3.05, 3.63) is 17.3 Å². The fourth-order valence-corrected chi connectivity index (χ4v) is 5.30. The molecular weight excluding hydrogens is 432 g/mol. The molecule has 9 heteroatoms. The van der Waals surface area contributed by atoms with Gasteiger partial charge in [0.2, 0.25) is 5.91 Å². The summed E-state index contributed by atoms with van der Waals surface area (Å²) < 4.78 is 10.6. The number of pyridine rings is 1. The van der Waals surface area contributed by atoms with E-state index in [1.54, 1.807) is 12.3 Å². The van der Waals surface area contributed by atoms with Gasteiger partial charge < -0.3 is 19.3 Å². The van der Waals surface area contributed by atoms with Crippen molar-refractivity contribution < 1.29 is 19.1 Å². The normalized spacial score (nSPS) is 24.4. The number of amides is 2. The molecule has 0 unspecified atom stereocenters. The van der Waals surface area contributed by atoms with Crippen LogP contribution in [0.3, 0.4) is 0 Å². The van der Waals surface area contributed by atoms with E-state index >= 15 is 0 Å². The molecular formula is C23H33ClN4O4. The first-order chi connectivity index (χ1) is 15.4. The molecule has 3 saturated heterocycles. The fourth-order valence-electron chi connectivity index (χ4n) is 5.01. The van der Waals surface area contributed by atoms with Crippen LogP contribution in [-0.2, 0) is 14.3 Å². The van der Waals surface area contributed by atoms with Gasteiger partial charge in [0.25, 0.3) is 0 Å². The van der Waals surface area contributed by atoms with Crippen LogP contribution in [-0.4, -0.2) is 67.4 Å². The van der Waals surface area contributed by atoms with Gasteiger partial charge in [-0.3, -0.25) is 10.1 Å². The molecule has 4 rings (SSSR count). The highest BCUT2D eigenvalue weighted by Crippen LogP contribution is 2.43. The van der Waals surface area contributed by atoms with E-state index in [0.717, 1.165) is 58.4 Å². The minimum atomic E-state index is -0.522. The van der Waals surface area contributed by atoms with Crippen LogP contribution in [0.25, 0.3) is 0 Å². The molecule has 32 heavy (non-hydrogen) atoms. The van der Waals surface area contributed by atoms with Crippen LogP contribution in [0.4, 0.5) is 16.3 Å². The minimum absolute atomic E-state index is 0.261. The van der Waals surface area contributed by atoms with E-state index in [2.05, 4.69) is 20.1 Å². The molecule has 0 radical (unpaired) electrons. The van der Waals surface area contributed by atoms with Crippen molar-refractivity contribution in [2.24, 2.45) is 11.3 Å². The number of anilines is 2. The van der Waals surface area contributed by atoms with Crippen LogP contribution >= 0.6 is 11.6 Å². The Balaban J connectivity index is 1.42. The summed E-state index contributed by atoms with van der Waals surface area (Å²) in [6.07, 6.45) is 5.61. The Morgan fingerprint density at radius 3 is 2.84 bits per heavy atom. The summed E-state index contributed by atoms with van der Waals surface area (Å²) in [5.41, 5.74) is 0.126. The van der Waals surface area contributed by atoms with Gasteiger partial charge in [0.05, 0.1) is 28.9 Å². The predicted octanol–water partition coefficient (Wildman–Crippen LogP) is 3.94. The van der Waals surface area contributed by atoms with Gasteiger partial charge in [-0.05, 0) is 44.1 Å². The van der Waals surface area contributed by atoms with Crippen molar-refractivity contribution >= 4 is 35.1 Å². The van der Waals surface area contributed by atoms with E-state index in [1.165, 1.54) is 0 Å². The Hall–Kier alpha value is -2.06. The highest BCUT2D eigenvalue weighted by molar-refractivity contribution is 6.33. The lowest BCUT2D eigenvalue weighted by Crippen LogP contribution is -2.50. The molecule has 1 atom stereocenters. The topological polar surface area (TPSA) is 84.0 Å². The summed E-state index contributed by atoms with van der Waals surface area (Å²) in [4.78, 5) is 34.1. The Kier molecular flexibility index (Phi) is 7.10. The molecule has 0 bridgehead atoms. The number of halogens is 1. The number of hydrogen-bond donors (Lipinski definition) is 1. The number of nitrogens with one attached hydrogen (secondary N) is 1. The van der Waals surface area contributed by atoms with E-state index in [-0.39, 0.29) is 17.2 Å². The van der Waals surface area contributed by atoms with Crippen LogP contribution in [0.5, 0.6) is 0 Å². The zero-order valence-corrected chi connectivity index (χ0v) is 19.7. The first-order valence-electron chi connectivity index (χ1n) is 11.6. The highest BCUT2D eigenvalue weighted by Gasteiger charge is 2.50. The smallest absolute Gasteiger partial charge is 0.411 e. The maximum absolute atomic E-state index is 13.5. The maximum Gasteiger partial charge on any atom is 0.411 e. The summed E-state index contributed by atoms with van der Waals surface area (Å²) >= 11 is 6.55. The van der Waals surface area contributed by atoms with E-state index in [1.807, 2.05) is 13.8 Å². The molecule has 2 amide bonds. The van der Waals surface area contributed by atoms with Crippen molar-refractivity contribution in [2.45, 2.75) is 52.0 Å². The summed E-state index contributed by atoms with van der Waals surface area (Å²) in [5, 5.41) is 3.12. The maximum atomic E-state index is 13.5. The van der Waals surface area contributed by atoms with Crippen LogP contribution < -0.4 is 10.2 Å². The lowest BCUT2D eigenvalue weighted by atomic mass is 9.78. The fraction of sp³-hybridized carbons (Fsp3) is 0.696. The molecule has 1 spiro atoms. The molecule has 4 heterocycles. The Bertz CT molecular complexity index is 845. The largest absolute Gasteiger partial charge is 0.449 e. The van der Waals surface area contributed by atoms with Gasteiger partial charge >= 0.3 is 6.09 Å². The van der Waals surface area contributed by atoms with Crippen molar-refractivity contribution in [3.63, 3.8) is 0 Å². The molecule has 0 aromatic carbocycles. The lowest BCUT2D eigenvalue weighted by Gasteiger charge is -2.41. The van der Waals surface area contributed by atoms with Gasteiger partial charge in [-0.2, -0.15) is 0 Å². The number of rotatable bonds is 5. The van der Waals surface area contributed by atoms with E-state index in [4.69, 9.17) is 21.1 Å². The van der Waals surface area contributed by atoms with Gasteiger partial charge in [-0.1, -0.05) is 25.4 Å². The zero-order valence-electron chi connectivity index (χ0n) is 18.9. The molecule has 1 aromatic rings. The molecule has 176 valence electrons. The number of likely N-dealkylation sites (tertiary alicyclic amines) is 1. The third kappa shape index (κ3) is 4.96. The van der Waals surface area contributed by atoms with Gasteiger partial charge in [0.15, 0.2) is 0 Å². The van der Waals surface area contributed by atoms with Crippen LogP contribution in [0, 0.1) is 11.3 Å². The second-order valence-corrected chi connectivity index (χ2v) is 9.95. The third-order valence-electron chi connectivity index (χ3n) is 6.67. The number of piperidine rings is 1. The zero-order chi connectivity index (χ0) is 22.7. The molecule has 3 aliphatic rings. The molecule has 1 aromatic heterocycles. The number of hydrogen-bond acceptors (Lipinski definition) is 6. The van der Waals surface area contributed by atoms with Crippen molar-refractivity contribution in [1.82, 2.24) is 9.88 Å². The van der Waals surface area contributed by atoms with Crippen molar-refractivity contribution in [2.75, 3.05) is 49.7 Å². The van der Waals surface area contributed by atoms with Crippen LogP contribution in [0.1, 0.15) is 46.0 Å². The van der Waals surface area contributed by atoms with Crippen LogP contribution in [0.2, 0.25) is 5.02 Å². The number of carbonyl (C=O) groups is 2. The van der Waals surface area contributed by atoms with Gasteiger partial charge in [0, 0.05) is 38.9 Å².